The van der Waals surface area contributed by atoms with Gasteiger partial charge >= 0.3 is 0 Å². The van der Waals surface area contributed by atoms with E-state index in [0.29, 0.717) is 5.92 Å². The van der Waals surface area contributed by atoms with E-state index in [9.17, 15) is 0 Å². The molecule has 0 heterocycles. The normalized spacial score (nSPS) is 17.9. The van der Waals surface area contributed by atoms with Crippen LogP contribution in [-0.2, 0) is 0 Å². The van der Waals surface area contributed by atoms with Gasteiger partial charge in [0.05, 0.1) is 7.11 Å². The number of ether oxygens (including phenoxy) is 1. The summed E-state index contributed by atoms with van der Waals surface area (Å²) in [6.45, 7) is 0. The van der Waals surface area contributed by atoms with Crippen LogP contribution in [0.2, 0.25) is 5.02 Å². The Morgan fingerprint density at radius 2 is 1.70 bits per heavy atom. The molecule has 1 nitrogen and oxygen atoms in total. The fourth-order valence-corrected chi connectivity index (χ4v) is 2.87. The van der Waals surface area contributed by atoms with Crippen LogP contribution in [0.1, 0.15) is 29.9 Å². The molecule has 0 spiro atoms. The summed E-state index contributed by atoms with van der Waals surface area (Å²) >= 11 is 5.94. The zero-order chi connectivity index (χ0) is 13.9. The third-order valence-electron chi connectivity index (χ3n) is 3.89. The van der Waals surface area contributed by atoms with Crippen molar-refractivity contribution in [2.24, 2.45) is 0 Å². The number of halogens is 1. The lowest BCUT2D eigenvalue weighted by Gasteiger charge is -2.08. The van der Waals surface area contributed by atoms with Crippen molar-refractivity contribution < 1.29 is 4.74 Å². The van der Waals surface area contributed by atoms with Crippen LogP contribution < -0.4 is 4.74 Å². The van der Waals surface area contributed by atoms with Crippen LogP contribution in [0.5, 0.6) is 5.75 Å². The number of allylic oxidation sites excluding steroid dienone is 2. The van der Waals surface area contributed by atoms with Gasteiger partial charge in [0.2, 0.25) is 0 Å². The molecule has 0 aromatic heterocycles. The Kier molecular flexibility index (Phi) is 3.79. The van der Waals surface area contributed by atoms with E-state index in [-0.39, 0.29) is 0 Å². The van der Waals surface area contributed by atoms with Crippen molar-refractivity contribution in [2.75, 3.05) is 7.11 Å². The topological polar surface area (TPSA) is 9.23 Å². The van der Waals surface area contributed by atoms with Crippen LogP contribution in [-0.4, -0.2) is 7.11 Å². The minimum atomic E-state index is 0.506. The van der Waals surface area contributed by atoms with E-state index >= 15 is 0 Å². The average molecular weight is 285 g/mol. The maximum atomic E-state index is 5.94. The molecular formula is C18H17ClO. The molecule has 0 fully saturated rings. The molecule has 2 aromatic carbocycles. The summed E-state index contributed by atoms with van der Waals surface area (Å²) in [4.78, 5) is 0. The van der Waals surface area contributed by atoms with Crippen LogP contribution >= 0.6 is 11.6 Å². The highest BCUT2D eigenvalue weighted by atomic mass is 35.5. The molecule has 1 aliphatic rings. The van der Waals surface area contributed by atoms with Crippen molar-refractivity contribution in [3.05, 3.63) is 70.8 Å². The van der Waals surface area contributed by atoms with Crippen LogP contribution in [0, 0.1) is 0 Å². The van der Waals surface area contributed by atoms with Gasteiger partial charge in [0.15, 0.2) is 0 Å². The fraction of sp³-hybridized carbons (Fsp3) is 0.222. The highest BCUT2D eigenvalue weighted by Crippen LogP contribution is 2.38. The first-order valence-electron chi connectivity index (χ1n) is 6.87. The summed E-state index contributed by atoms with van der Waals surface area (Å²) in [7, 11) is 1.70. The van der Waals surface area contributed by atoms with Gasteiger partial charge in [-0.1, -0.05) is 41.9 Å². The summed E-state index contributed by atoms with van der Waals surface area (Å²) in [5.74, 6) is 1.42. The zero-order valence-corrected chi connectivity index (χ0v) is 12.2. The standard InChI is InChI=1S/C18H17ClO/c1-20-18-10-6-14(7-11-18)16-3-2-15(12-16)13-4-8-17(19)9-5-13/h4-12,16H,2-3H2,1H3. The molecular weight excluding hydrogens is 268 g/mol. The van der Waals surface area contributed by atoms with Crippen molar-refractivity contribution in [1.29, 1.82) is 0 Å². The average Bonchev–Trinajstić information content (AvgIpc) is 2.98. The largest absolute Gasteiger partial charge is 0.497 e. The lowest BCUT2D eigenvalue weighted by atomic mass is 9.99. The number of hydrogen-bond acceptors (Lipinski definition) is 1. The minimum absolute atomic E-state index is 0.506. The third kappa shape index (κ3) is 2.73. The Labute approximate surface area is 124 Å². The lowest BCUT2D eigenvalue weighted by Crippen LogP contribution is -1.90. The van der Waals surface area contributed by atoms with Gasteiger partial charge in [0, 0.05) is 10.9 Å². The van der Waals surface area contributed by atoms with E-state index in [0.717, 1.165) is 17.2 Å². The molecule has 0 saturated heterocycles. The molecule has 2 aromatic rings. The smallest absolute Gasteiger partial charge is 0.118 e. The number of hydrogen-bond donors (Lipinski definition) is 0. The Bertz CT molecular complexity index is 611. The first kappa shape index (κ1) is 13.3. The first-order chi connectivity index (χ1) is 9.76. The SMILES string of the molecule is COc1ccc(C2C=C(c3ccc(Cl)cc3)CC2)cc1. The Morgan fingerprint density at radius 3 is 2.35 bits per heavy atom. The van der Waals surface area contributed by atoms with Crippen LogP contribution in [0.4, 0.5) is 0 Å². The van der Waals surface area contributed by atoms with E-state index in [1.165, 1.54) is 23.1 Å². The molecule has 0 N–H and O–H groups in total. The Balaban J connectivity index is 1.81. The van der Waals surface area contributed by atoms with Crippen LogP contribution in [0.15, 0.2) is 54.6 Å². The van der Waals surface area contributed by atoms with Gasteiger partial charge in [-0.3, -0.25) is 0 Å². The second kappa shape index (κ2) is 5.72. The van der Waals surface area contributed by atoms with E-state index < -0.39 is 0 Å². The molecule has 3 rings (SSSR count). The van der Waals surface area contributed by atoms with E-state index in [4.69, 9.17) is 16.3 Å². The number of benzene rings is 2. The zero-order valence-electron chi connectivity index (χ0n) is 11.5. The van der Waals surface area contributed by atoms with Crippen LogP contribution in [0.3, 0.4) is 0 Å². The van der Waals surface area contributed by atoms with Gasteiger partial charge in [-0.25, -0.2) is 0 Å². The third-order valence-corrected chi connectivity index (χ3v) is 4.14. The Hall–Kier alpha value is -1.73. The quantitative estimate of drug-likeness (QED) is 0.742. The van der Waals surface area contributed by atoms with Crippen molar-refractivity contribution in [3.8, 4) is 5.75 Å². The molecule has 1 aliphatic carbocycles. The summed E-state index contributed by atoms with van der Waals surface area (Å²) in [5, 5.41) is 0.791. The Morgan fingerprint density at radius 1 is 1.00 bits per heavy atom. The van der Waals surface area contributed by atoms with Gasteiger partial charge in [0.25, 0.3) is 0 Å². The van der Waals surface area contributed by atoms with Gasteiger partial charge in [-0.15, -0.1) is 0 Å². The maximum absolute atomic E-state index is 5.94. The van der Waals surface area contributed by atoms with Gasteiger partial charge < -0.3 is 4.74 Å². The highest BCUT2D eigenvalue weighted by molar-refractivity contribution is 6.30. The van der Waals surface area contributed by atoms with Crippen molar-refractivity contribution >= 4 is 17.2 Å². The summed E-state index contributed by atoms with van der Waals surface area (Å²) in [6.07, 6.45) is 4.67. The lowest BCUT2D eigenvalue weighted by molar-refractivity contribution is 0.414. The van der Waals surface area contributed by atoms with Crippen molar-refractivity contribution in [2.45, 2.75) is 18.8 Å². The minimum Gasteiger partial charge on any atom is -0.497 e. The summed E-state index contributed by atoms with van der Waals surface area (Å²) in [6, 6.07) is 16.5. The fourth-order valence-electron chi connectivity index (χ4n) is 2.74. The molecule has 20 heavy (non-hydrogen) atoms. The number of rotatable bonds is 3. The maximum Gasteiger partial charge on any atom is 0.118 e. The molecule has 0 amide bonds. The highest BCUT2D eigenvalue weighted by Gasteiger charge is 2.18. The first-order valence-corrected chi connectivity index (χ1v) is 7.24. The predicted molar refractivity (Wildman–Crippen MR) is 84.4 cm³/mol. The van der Waals surface area contributed by atoms with E-state index in [1.54, 1.807) is 7.11 Å². The second-order valence-electron chi connectivity index (χ2n) is 5.12. The molecule has 0 radical (unpaired) electrons. The van der Waals surface area contributed by atoms with E-state index in [2.05, 4.69) is 30.3 Å². The molecule has 0 bridgehead atoms. The predicted octanol–water partition coefficient (Wildman–Crippen LogP) is 5.31. The van der Waals surface area contributed by atoms with Crippen molar-refractivity contribution in [3.63, 3.8) is 0 Å². The van der Waals surface area contributed by atoms with Gasteiger partial charge in [-0.2, -0.15) is 0 Å². The van der Waals surface area contributed by atoms with Gasteiger partial charge in [0.1, 0.15) is 5.75 Å². The molecule has 0 aliphatic heterocycles. The molecule has 102 valence electrons. The van der Waals surface area contributed by atoms with Gasteiger partial charge in [-0.05, 0) is 53.8 Å². The molecule has 1 atom stereocenters. The molecule has 1 unspecified atom stereocenters. The summed E-state index contributed by atoms with van der Waals surface area (Å²) < 4.78 is 5.21. The monoisotopic (exact) mass is 284 g/mol. The molecule has 2 heteroatoms. The number of methoxy groups -OCH3 is 1. The second-order valence-corrected chi connectivity index (χ2v) is 5.55. The molecule has 0 saturated carbocycles. The van der Waals surface area contributed by atoms with E-state index in [1.807, 2.05) is 24.3 Å². The summed E-state index contributed by atoms with van der Waals surface area (Å²) in [5.41, 5.74) is 4.06. The van der Waals surface area contributed by atoms with Crippen LogP contribution in [0.25, 0.3) is 5.57 Å². The van der Waals surface area contributed by atoms with Crippen molar-refractivity contribution in [1.82, 2.24) is 0 Å².